The van der Waals surface area contributed by atoms with E-state index in [-0.39, 0.29) is 18.6 Å². The molecule has 2 atom stereocenters. The van der Waals surface area contributed by atoms with Crippen LogP contribution >= 0.6 is 0 Å². The van der Waals surface area contributed by atoms with Gasteiger partial charge in [-0.1, -0.05) is 55.5 Å². The zero-order valence-corrected chi connectivity index (χ0v) is 20.3. The van der Waals surface area contributed by atoms with Gasteiger partial charge >= 0.3 is 12.1 Å². The molecule has 4 rings (SSSR count). The first kappa shape index (κ1) is 24.7. The molecule has 1 fully saturated rings. The number of hydrogen-bond acceptors (Lipinski definition) is 5. The number of amides is 2. The average Bonchev–Trinajstić information content (AvgIpc) is 3.15. The summed E-state index contributed by atoms with van der Waals surface area (Å²) in [5.74, 6) is -1.75. The third-order valence-corrected chi connectivity index (χ3v) is 6.73. The van der Waals surface area contributed by atoms with Crippen molar-refractivity contribution >= 4 is 18.0 Å². The van der Waals surface area contributed by atoms with Gasteiger partial charge in [0.25, 0.3) is 0 Å². The van der Waals surface area contributed by atoms with Crippen LogP contribution in [0.3, 0.4) is 0 Å². The van der Waals surface area contributed by atoms with Gasteiger partial charge in [-0.3, -0.25) is 9.59 Å². The van der Waals surface area contributed by atoms with Crippen molar-refractivity contribution in [2.75, 3.05) is 19.8 Å². The fourth-order valence-corrected chi connectivity index (χ4v) is 4.95. The second-order valence-electron chi connectivity index (χ2n) is 9.72. The Hall–Kier alpha value is -3.39. The number of alkyl carbamates (subject to hydrolysis) is 1. The van der Waals surface area contributed by atoms with Crippen LogP contribution in [0.1, 0.15) is 50.7 Å². The fraction of sp³-hybridized carbons (Fsp3) is 0.444. The predicted molar refractivity (Wildman–Crippen MR) is 130 cm³/mol. The normalized spacial score (nSPS) is 19.4. The van der Waals surface area contributed by atoms with Crippen molar-refractivity contribution in [2.45, 2.75) is 57.2 Å². The second-order valence-corrected chi connectivity index (χ2v) is 9.72. The van der Waals surface area contributed by atoms with E-state index in [1.807, 2.05) is 69.3 Å². The van der Waals surface area contributed by atoms with E-state index in [2.05, 4.69) is 5.32 Å². The monoisotopic (exact) mass is 480 g/mol. The van der Waals surface area contributed by atoms with Gasteiger partial charge in [0.1, 0.15) is 12.6 Å². The summed E-state index contributed by atoms with van der Waals surface area (Å²) in [5.41, 5.74) is 3.80. The van der Waals surface area contributed by atoms with Gasteiger partial charge in [0.15, 0.2) is 0 Å². The van der Waals surface area contributed by atoms with E-state index >= 15 is 0 Å². The molecule has 1 aliphatic carbocycles. The van der Waals surface area contributed by atoms with E-state index in [1.54, 1.807) is 4.90 Å². The number of carboxylic acid groups (broad SMARTS) is 1. The Labute approximate surface area is 205 Å². The SMILES string of the molecule is CCC1COC(C)(C)CN1C(=O)C(CC(=O)O)NC(=O)OCC1c2ccccc2-c2ccccc21. The first-order valence-corrected chi connectivity index (χ1v) is 12.0. The minimum Gasteiger partial charge on any atom is -0.481 e. The van der Waals surface area contributed by atoms with E-state index in [1.165, 1.54) is 0 Å². The molecule has 186 valence electrons. The summed E-state index contributed by atoms with van der Waals surface area (Å²) in [7, 11) is 0. The molecule has 0 bridgehead atoms. The third kappa shape index (κ3) is 5.32. The lowest BCUT2D eigenvalue weighted by atomic mass is 9.98. The molecule has 0 radical (unpaired) electrons. The van der Waals surface area contributed by atoms with Gasteiger partial charge < -0.3 is 24.8 Å². The molecule has 2 aliphatic rings. The number of morpholine rings is 1. The summed E-state index contributed by atoms with van der Waals surface area (Å²) in [4.78, 5) is 39.2. The summed E-state index contributed by atoms with van der Waals surface area (Å²) in [6, 6.07) is 14.6. The molecule has 2 unspecified atom stereocenters. The number of hydrogen-bond donors (Lipinski definition) is 2. The molecular weight excluding hydrogens is 448 g/mol. The van der Waals surface area contributed by atoms with Crippen LogP contribution in [0.5, 0.6) is 0 Å². The largest absolute Gasteiger partial charge is 0.481 e. The molecule has 0 aromatic heterocycles. The van der Waals surface area contributed by atoms with Gasteiger partial charge in [-0.05, 0) is 42.5 Å². The molecule has 1 heterocycles. The van der Waals surface area contributed by atoms with Gasteiger partial charge in [0.05, 0.1) is 24.7 Å². The van der Waals surface area contributed by atoms with E-state index < -0.39 is 36.0 Å². The van der Waals surface area contributed by atoms with E-state index in [0.717, 1.165) is 22.3 Å². The van der Waals surface area contributed by atoms with E-state index in [9.17, 15) is 19.5 Å². The maximum atomic E-state index is 13.4. The molecular formula is C27H32N2O6. The summed E-state index contributed by atoms with van der Waals surface area (Å²) >= 11 is 0. The zero-order valence-electron chi connectivity index (χ0n) is 20.3. The van der Waals surface area contributed by atoms with Crippen molar-refractivity contribution in [2.24, 2.45) is 0 Å². The number of benzene rings is 2. The van der Waals surface area contributed by atoms with Crippen molar-refractivity contribution in [1.82, 2.24) is 10.2 Å². The minimum absolute atomic E-state index is 0.0794. The fourth-order valence-electron chi connectivity index (χ4n) is 4.95. The summed E-state index contributed by atoms with van der Waals surface area (Å²) in [5, 5.41) is 11.9. The molecule has 2 aromatic rings. The second kappa shape index (κ2) is 10.1. The molecule has 1 aliphatic heterocycles. The molecule has 2 aromatic carbocycles. The molecule has 8 nitrogen and oxygen atoms in total. The lowest BCUT2D eigenvalue weighted by Gasteiger charge is -2.44. The minimum atomic E-state index is -1.23. The molecule has 0 spiro atoms. The predicted octanol–water partition coefficient (Wildman–Crippen LogP) is 3.78. The van der Waals surface area contributed by atoms with Crippen LogP contribution in [0.25, 0.3) is 11.1 Å². The molecule has 8 heteroatoms. The standard InChI is InChI=1S/C27H32N2O6/c1-4-17-14-35-27(2,3)16-29(17)25(32)23(13-24(30)31)28-26(33)34-15-22-20-11-7-5-9-18(20)19-10-6-8-12-21(19)22/h5-12,17,22-23H,4,13-16H2,1-3H3,(H,28,33)(H,30,31). The van der Waals surface area contributed by atoms with Crippen molar-refractivity contribution in [3.8, 4) is 11.1 Å². The van der Waals surface area contributed by atoms with Crippen LogP contribution in [0.4, 0.5) is 4.79 Å². The van der Waals surface area contributed by atoms with Crippen LogP contribution < -0.4 is 5.32 Å². The Balaban J connectivity index is 1.46. The quantitative estimate of drug-likeness (QED) is 0.625. The first-order valence-electron chi connectivity index (χ1n) is 12.0. The van der Waals surface area contributed by atoms with Gasteiger partial charge in [0, 0.05) is 12.5 Å². The highest BCUT2D eigenvalue weighted by molar-refractivity contribution is 5.89. The van der Waals surface area contributed by atoms with Gasteiger partial charge in [0.2, 0.25) is 5.91 Å². The number of carbonyl (C=O) groups excluding carboxylic acids is 2. The van der Waals surface area contributed by atoms with Gasteiger partial charge in [-0.25, -0.2) is 4.79 Å². The number of fused-ring (bicyclic) bond motifs is 3. The average molecular weight is 481 g/mol. The van der Waals surface area contributed by atoms with Crippen LogP contribution in [-0.2, 0) is 19.1 Å². The maximum absolute atomic E-state index is 13.4. The number of carbonyl (C=O) groups is 3. The van der Waals surface area contributed by atoms with Gasteiger partial charge in [-0.2, -0.15) is 0 Å². The summed E-state index contributed by atoms with van der Waals surface area (Å²) in [6.45, 7) is 6.45. The highest BCUT2D eigenvalue weighted by Crippen LogP contribution is 2.44. The Morgan fingerprint density at radius 3 is 2.29 bits per heavy atom. The lowest BCUT2D eigenvalue weighted by Crippen LogP contribution is -2.60. The van der Waals surface area contributed by atoms with Crippen molar-refractivity contribution in [3.05, 3.63) is 59.7 Å². The number of carboxylic acids is 1. The molecule has 2 amide bonds. The number of aliphatic carboxylic acids is 1. The summed E-state index contributed by atoms with van der Waals surface area (Å²) < 4.78 is 11.4. The van der Waals surface area contributed by atoms with Crippen molar-refractivity contribution in [1.29, 1.82) is 0 Å². The number of nitrogens with zero attached hydrogens (tertiary/aromatic N) is 1. The Bertz CT molecular complexity index is 1070. The van der Waals surface area contributed by atoms with E-state index in [4.69, 9.17) is 9.47 Å². The van der Waals surface area contributed by atoms with Crippen LogP contribution in [0, 0.1) is 0 Å². The Morgan fingerprint density at radius 1 is 1.11 bits per heavy atom. The Kier molecular flexibility index (Phi) is 7.12. The van der Waals surface area contributed by atoms with Crippen LogP contribution in [0.15, 0.2) is 48.5 Å². The molecule has 2 N–H and O–H groups in total. The first-order chi connectivity index (χ1) is 16.7. The van der Waals surface area contributed by atoms with E-state index in [0.29, 0.717) is 19.6 Å². The van der Waals surface area contributed by atoms with Crippen molar-refractivity contribution < 1.29 is 29.0 Å². The maximum Gasteiger partial charge on any atom is 0.407 e. The molecule has 0 saturated carbocycles. The number of ether oxygens (including phenoxy) is 2. The molecule has 35 heavy (non-hydrogen) atoms. The van der Waals surface area contributed by atoms with Crippen LogP contribution in [-0.4, -0.2) is 65.4 Å². The third-order valence-electron chi connectivity index (χ3n) is 6.73. The van der Waals surface area contributed by atoms with Gasteiger partial charge in [-0.15, -0.1) is 0 Å². The highest BCUT2D eigenvalue weighted by Gasteiger charge is 2.39. The smallest absolute Gasteiger partial charge is 0.407 e. The van der Waals surface area contributed by atoms with Crippen molar-refractivity contribution in [3.63, 3.8) is 0 Å². The Morgan fingerprint density at radius 2 is 1.71 bits per heavy atom. The zero-order chi connectivity index (χ0) is 25.2. The van der Waals surface area contributed by atoms with Crippen LogP contribution in [0.2, 0.25) is 0 Å². The topological polar surface area (TPSA) is 105 Å². The lowest BCUT2D eigenvalue weighted by molar-refractivity contribution is -0.159. The number of nitrogens with one attached hydrogen (secondary N) is 1. The molecule has 1 saturated heterocycles. The summed E-state index contributed by atoms with van der Waals surface area (Å²) in [6.07, 6.45) is -0.684. The number of rotatable bonds is 7. The highest BCUT2D eigenvalue weighted by atomic mass is 16.5.